The van der Waals surface area contributed by atoms with Crippen LogP contribution in [0.2, 0.25) is 0 Å². The van der Waals surface area contributed by atoms with Crippen molar-refractivity contribution in [3.8, 4) is 0 Å². The van der Waals surface area contributed by atoms with E-state index in [4.69, 9.17) is 18.6 Å². The third kappa shape index (κ3) is 12.5. The SMILES string of the molecule is Cc1ncc[nH]1.[O-][Cl+3]([O-])([O-])O. The third-order valence-electron chi connectivity index (χ3n) is 0.635. The number of aryl methyl sites for hydroxylation is 1. The van der Waals surface area contributed by atoms with Crippen LogP contribution in [-0.4, -0.2) is 14.6 Å². The number of imidazole rings is 1. The van der Waals surface area contributed by atoms with Crippen LogP contribution in [0.15, 0.2) is 12.4 Å². The molecule has 2 N–H and O–H groups in total. The van der Waals surface area contributed by atoms with Gasteiger partial charge in [0.1, 0.15) is 5.82 Å². The predicted molar refractivity (Wildman–Crippen MR) is 25.5 cm³/mol. The van der Waals surface area contributed by atoms with E-state index >= 15 is 0 Å². The van der Waals surface area contributed by atoms with Crippen LogP contribution in [0.4, 0.5) is 0 Å². The Morgan fingerprint density at radius 3 is 2.09 bits per heavy atom. The highest BCUT2D eigenvalue weighted by atomic mass is 35.7. The number of hydrogen-bond acceptors (Lipinski definition) is 5. The molecule has 6 nitrogen and oxygen atoms in total. The molecule has 11 heavy (non-hydrogen) atoms. The zero-order valence-corrected chi connectivity index (χ0v) is 6.41. The minimum absolute atomic E-state index is 0.968. The van der Waals surface area contributed by atoms with E-state index in [-0.39, 0.29) is 0 Å². The van der Waals surface area contributed by atoms with Crippen molar-refractivity contribution in [2.24, 2.45) is 0 Å². The summed E-state index contributed by atoms with van der Waals surface area (Å²) in [6, 6.07) is 0. The summed E-state index contributed by atoms with van der Waals surface area (Å²) < 4.78 is 32.7. The number of nitrogens with zero attached hydrogens (tertiary/aromatic N) is 1. The van der Waals surface area contributed by atoms with Gasteiger partial charge in [0.25, 0.3) is 0 Å². The van der Waals surface area contributed by atoms with Crippen molar-refractivity contribution in [3.63, 3.8) is 0 Å². The van der Waals surface area contributed by atoms with Crippen molar-refractivity contribution in [3.05, 3.63) is 18.2 Å². The third-order valence-corrected chi connectivity index (χ3v) is 0.635. The largest absolute Gasteiger partial charge is 0.349 e. The highest BCUT2D eigenvalue weighted by Crippen LogP contribution is 1.78. The molecule has 0 amide bonds. The van der Waals surface area contributed by atoms with Crippen molar-refractivity contribution in [2.75, 3.05) is 0 Å². The van der Waals surface area contributed by atoms with Gasteiger partial charge < -0.3 is 4.98 Å². The fourth-order valence-corrected chi connectivity index (χ4v) is 0.344. The summed E-state index contributed by atoms with van der Waals surface area (Å²) in [6.45, 7) is 1.92. The van der Waals surface area contributed by atoms with Gasteiger partial charge in [0.05, 0.1) is 14.9 Å². The molecule has 0 spiro atoms. The highest BCUT2D eigenvalue weighted by molar-refractivity contribution is 4.80. The molecular formula is C4H7ClN2O4. The second-order valence-electron chi connectivity index (χ2n) is 1.57. The lowest BCUT2D eigenvalue weighted by Crippen LogP contribution is -2.58. The first-order valence-electron chi connectivity index (χ1n) is 2.49. The summed E-state index contributed by atoms with van der Waals surface area (Å²) in [7, 11) is -4.69. The van der Waals surface area contributed by atoms with Crippen LogP contribution in [0, 0.1) is 17.2 Å². The minimum Gasteiger partial charge on any atom is -0.349 e. The molecule has 0 saturated heterocycles. The molecule has 0 saturated carbocycles. The fraction of sp³-hybridized carbons (Fsp3) is 0.250. The molecule has 64 valence electrons. The lowest BCUT2D eigenvalue weighted by atomic mass is 10.8. The van der Waals surface area contributed by atoms with E-state index in [9.17, 15) is 0 Å². The normalized spacial score (nSPS) is 10.3. The average molecular weight is 183 g/mol. The molecular weight excluding hydrogens is 176 g/mol. The summed E-state index contributed by atoms with van der Waals surface area (Å²) in [5, 5.41) is 0. The summed E-state index contributed by atoms with van der Waals surface area (Å²) in [6.07, 6.45) is 3.53. The average Bonchev–Trinajstić information content (AvgIpc) is 2.12. The van der Waals surface area contributed by atoms with E-state index in [1.165, 1.54) is 0 Å². The second-order valence-corrected chi connectivity index (χ2v) is 2.36. The summed E-state index contributed by atoms with van der Waals surface area (Å²) in [5.41, 5.74) is 0. The molecule has 1 aromatic rings. The van der Waals surface area contributed by atoms with Crippen LogP contribution < -0.4 is 14.0 Å². The molecule has 0 fully saturated rings. The molecule has 0 bridgehead atoms. The lowest BCUT2D eigenvalue weighted by molar-refractivity contribution is -1.92. The first-order valence-corrected chi connectivity index (χ1v) is 3.75. The quantitative estimate of drug-likeness (QED) is 0.434. The first kappa shape index (κ1) is 10.3. The standard InChI is InChI=1S/C4H6N2.ClHO4/c1-4-5-2-3-6-4;2-1(3,4)5/h2-3H,1H3,(H,5,6);(H,2,3,4,5). The molecule has 0 radical (unpaired) electrons. The molecule has 0 aliphatic rings. The van der Waals surface area contributed by atoms with Gasteiger partial charge in [-0.25, -0.2) is 4.98 Å². The number of rotatable bonds is 0. The van der Waals surface area contributed by atoms with Gasteiger partial charge in [-0.15, -0.1) is 0 Å². The van der Waals surface area contributed by atoms with Gasteiger partial charge in [-0.05, 0) is 6.92 Å². The number of aromatic amines is 1. The zero-order valence-electron chi connectivity index (χ0n) is 5.65. The molecule has 7 heteroatoms. The van der Waals surface area contributed by atoms with Crippen molar-refractivity contribution < 1.29 is 28.9 Å². The monoisotopic (exact) mass is 182 g/mol. The summed E-state index contributed by atoms with van der Waals surface area (Å²) in [5.74, 6) is 0.968. The van der Waals surface area contributed by atoms with E-state index in [1.807, 2.05) is 6.92 Å². The van der Waals surface area contributed by atoms with Gasteiger partial charge in [0.2, 0.25) is 0 Å². The Bertz CT molecular complexity index is 176. The Kier molecular flexibility index (Phi) is 4.01. The Hall–Kier alpha value is -0.660. The van der Waals surface area contributed by atoms with Crippen molar-refractivity contribution in [1.29, 1.82) is 0 Å². The molecule has 0 unspecified atom stereocenters. The van der Waals surface area contributed by atoms with Gasteiger partial charge in [-0.2, -0.15) is 14.0 Å². The van der Waals surface area contributed by atoms with Gasteiger partial charge in [0.15, 0.2) is 0 Å². The summed E-state index contributed by atoms with van der Waals surface area (Å²) in [4.78, 5) is 6.75. The van der Waals surface area contributed by atoms with E-state index < -0.39 is 10.2 Å². The number of H-pyrrole nitrogens is 1. The predicted octanol–water partition coefficient (Wildman–Crippen LogP) is -3.41. The first-order chi connectivity index (χ1) is 4.89. The van der Waals surface area contributed by atoms with Crippen LogP contribution in [0.3, 0.4) is 0 Å². The molecule has 1 heterocycles. The van der Waals surface area contributed by atoms with Crippen molar-refractivity contribution in [2.45, 2.75) is 6.92 Å². The van der Waals surface area contributed by atoms with Crippen LogP contribution in [-0.2, 0) is 0 Å². The molecule has 0 aliphatic heterocycles. The lowest BCUT2D eigenvalue weighted by Gasteiger charge is -2.03. The van der Waals surface area contributed by atoms with E-state index in [1.54, 1.807) is 12.4 Å². The molecule has 1 aromatic heterocycles. The highest BCUT2D eigenvalue weighted by Gasteiger charge is 1.98. The Balaban J connectivity index is 0.000000187. The number of nitrogens with one attached hydrogen (secondary N) is 1. The van der Waals surface area contributed by atoms with Crippen LogP contribution in [0.5, 0.6) is 0 Å². The molecule has 0 aromatic carbocycles. The van der Waals surface area contributed by atoms with Gasteiger partial charge in [-0.1, -0.05) is 0 Å². The smallest absolute Gasteiger partial charge is 0.102 e. The number of hydrogen-bond donors (Lipinski definition) is 2. The fourth-order valence-electron chi connectivity index (χ4n) is 0.344. The maximum Gasteiger partial charge on any atom is 0.102 e. The van der Waals surface area contributed by atoms with Gasteiger partial charge in [-0.3, -0.25) is 0 Å². The Morgan fingerprint density at radius 1 is 1.55 bits per heavy atom. The van der Waals surface area contributed by atoms with E-state index in [0.717, 1.165) is 5.82 Å². The molecule has 0 atom stereocenters. The number of aromatic nitrogens is 2. The van der Waals surface area contributed by atoms with Crippen LogP contribution in [0.1, 0.15) is 5.82 Å². The summed E-state index contributed by atoms with van der Waals surface area (Å²) >= 11 is 0. The zero-order chi connectivity index (χ0) is 8.91. The van der Waals surface area contributed by atoms with E-state index in [2.05, 4.69) is 9.97 Å². The Labute approximate surface area is 64.9 Å². The maximum absolute atomic E-state index is 8.60. The molecule has 1 rings (SSSR count). The van der Waals surface area contributed by atoms with Crippen molar-refractivity contribution in [1.82, 2.24) is 9.97 Å². The maximum atomic E-state index is 8.60. The van der Waals surface area contributed by atoms with Gasteiger partial charge >= 0.3 is 0 Å². The van der Waals surface area contributed by atoms with Crippen LogP contribution >= 0.6 is 0 Å². The second kappa shape index (κ2) is 4.27. The van der Waals surface area contributed by atoms with E-state index in [0.29, 0.717) is 0 Å². The van der Waals surface area contributed by atoms with Gasteiger partial charge in [0, 0.05) is 12.4 Å². The van der Waals surface area contributed by atoms with Crippen molar-refractivity contribution >= 4 is 0 Å². The van der Waals surface area contributed by atoms with Crippen LogP contribution in [0.25, 0.3) is 0 Å². The Morgan fingerprint density at radius 2 is 2.00 bits per heavy atom. The molecule has 0 aliphatic carbocycles. The number of halogens is 1. The minimum atomic E-state index is -4.69. The topological polar surface area (TPSA) is 118 Å².